The number of aliphatic hydroxyl groups is 1. The van der Waals surface area contributed by atoms with Gasteiger partial charge >= 0.3 is 5.69 Å². The molecule has 4 aromatic rings. The molecule has 0 spiro atoms. The van der Waals surface area contributed by atoms with Crippen LogP contribution in [-0.2, 0) is 7.05 Å². The van der Waals surface area contributed by atoms with Gasteiger partial charge in [-0.05, 0) is 49.7 Å². The van der Waals surface area contributed by atoms with Crippen LogP contribution in [0.5, 0.6) is 5.75 Å². The van der Waals surface area contributed by atoms with Crippen molar-refractivity contribution < 1.29 is 19.0 Å². The molecule has 1 fully saturated rings. The van der Waals surface area contributed by atoms with Crippen LogP contribution in [0, 0.1) is 6.92 Å². The fourth-order valence-electron chi connectivity index (χ4n) is 4.46. The van der Waals surface area contributed by atoms with Crippen LogP contribution in [0.1, 0.15) is 12.6 Å². The van der Waals surface area contributed by atoms with Crippen molar-refractivity contribution in [1.29, 1.82) is 0 Å². The van der Waals surface area contributed by atoms with Crippen molar-refractivity contribution >= 4 is 17.4 Å². The summed E-state index contributed by atoms with van der Waals surface area (Å²) in [6, 6.07) is 9.98. The number of rotatable bonds is 4. The van der Waals surface area contributed by atoms with Crippen molar-refractivity contribution in [1.82, 2.24) is 19.1 Å². The molecule has 1 aliphatic heterocycles. The smallest absolute Gasteiger partial charge is 0.332 e. The molecule has 1 atom stereocenters. The van der Waals surface area contributed by atoms with Gasteiger partial charge in [0.25, 0.3) is 5.92 Å². The first-order chi connectivity index (χ1) is 17.4. The number of pyridine rings is 2. The Morgan fingerprint density at radius 1 is 1.08 bits per heavy atom. The van der Waals surface area contributed by atoms with Gasteiger partial charge in [0.05, 0.1) is 23.8 Å². The third kappa shape index (κ3) is 4.25. The average Bonchev–Trinajstić information content (AvgIpc) is 3.28. The zero-order valence-corrected chi connectivity index (χ0v) is 21.0. The number of alkyl halides is 2. The van der Waals surface area contributed by atoms with Gasteiger partial charge in [-0.2, -0.15) is 0 Å². The van der Waals surface area contributed by atoms with Crippen molar-refractivity contribution in [2.24, 2.45) is 7.05 Å². The highest BCUT2D eigenvalue weighted by atomic mass is 35.5. The van der Waals surface area contributed by atoms with Crippen LogP contribution in [0.15, 0.2) is 59.8 Å². The van der Waals surface area contributed by atoms with Gasteiger partial charge in [0.1, 0.15) is 22.9 Å². The molecule has 0 radical (unpaired) electrons. The number of imidazole rings is 1. The number of benzene rings is 1. The van der Waals surface area contributed by atoms with E-state index >= 15 is 0 Å². The lowest BCUT2D eigenvalue weighted by molar-refractivity contribution is -0.134. The second kappa shape index (κ2) is 8.67. The molecule has 0 unspecified atom stereocenters. The summed E-state index contributed by atoms with van der Waals surface area (Å²) in [7, 11) is 1.64. The lowest BCUT2D eigenvalue weighted by Gasteiger charge is -2.22. The Labute approximate surface area is 216 Å². The maximum Gasteiger partial charge on any atom is 0.332 e. The molecule has 192 valence electrons. The highest BCUT2D eigenvalue weighted by molar-refractivity contribution is 6.32. The van der Waals surface area contributed by atoms with E-state index < -0.39 is 18.1 Å². The van der Waals surface area contributed by atoms with E-state index in [0.29, 0.717) is 33.1 Å². The summed E-state index contributed by atoms with van der Waals surface area (Å²) in [5.74, 6) is -3.18. The SMILES string of the molecule is Cc1cc(-c2ccc(-n3ccn(C)c3=O)c(Cl)c2)c(O)c(-c2ccnc(N3CC(F)(F)[C@](C)(O)C3)c2)n1. The number of nitrogens with zero attached hydrogens (tertiary/aromatic N) is 5. The van der Waals surface area contributed by atoms with Crippen molar-refractivity contribution in [2.45, 2.75) is 25.4 Å². The topological polar surface area (TPSA) is 96.4 Å². The molecule has 2 N–H and O–H groups in total. The molecule has 0 amide bonds. The number of β-amino-alcohol motifs (C(OH)–C–C–N with tert-alkyl or cyclic N) is 1. The summed E-state index contributed by atoms with van der Waals surface area (Å²) >= 11 is 6.52. The van der Waals surface area contributed by atoms with Gasteiger partial charge in [0.2, 0.25) is 0 Å². The van der Waals surface area contributed by atoms with Crippen LogP contribution in [0.4, 0.5) is 14.6 Å². The third-order valence-corrected chi connectivity index (χ3v) is 6.91. The van der Waals surface area contributed by atoms with Gasteiger partial charge in [-0.25, -0.2) is 23.5 Å². The lowest BCUT2D eigenvalue weighted by Crippen LogP contribution is -2.43. The number of aryl methyl sites for hydroxylation is 2. The first-order valence-corrected chi connectivity index (χ1v) is 11.8. The van der Waals surface area contributed by atoms with Gasteiger partial charge in [-0.15, -0.1) is 0 Å². The number of aromatic hydroxyl groups is 1. The number of aromatic nitrogens is 4. The Morgan fingerprint density at radius 2 is 1.84 bits per heavy atom. The fraction of sp³-hybridized carbons (Fsp3) is 0.269. The van der Waals surface area contributed by atoms with E-state index in [9.17, 15) is 23.8 Å². The van der Waals surface area contributed by atoms with Crippen molar-refractivity contribution in [3.05, 3.63) is 76.2 Å². The maximum atomic E-state index is 14.2. The summed E-state index contributed by atoms with van der Waals surface area (Å²) < 4.78 is 31.3. The van der Waals surface area contributed by atoms with E-state index in [1.807, 2.05) is 0 Å². The molecule has 11 heteroatoms. The lowest BCUT2D eigenvalue weighted by atomic mass is 10.0. The summed E-state index contributed by atoms with van der Waals surface area (Å²) in [5.41, 5.74) is 0.464. The zero-order chi connectivity index (χ0) is 26.7. The molecule has 0 aliphatic carbocycles. The van der Waals surface area contributed by atoms with E-state index in [4.69, 9.17) is 11.6 Å². The highest BCUT2D eigenvalue weighted by Gasteiger charge is 2.56. The van der Waals surface area contributed by atoms with E-state index in [1.54, 1.807) is 62.8 Å². The molecular formula is C26H24ClF2N5O3. The van der Waals surface area contributed by atoms with Crippen LogP contribution < -0.4 is 10.6 Å². The molecule has 5 rings (SSSR count). The molecule has 1 aliphatic rings. The van der Waals surface area contributed by atoms with Crippen LogP contribution in [0.25, 0.3) is 28.1 Å². The molecule has 1 aromatic carbocycles. The van der Waals surface area contributed by atoms with Gasteiger partial charge in [0.15, 0.2) is 0 Å². The Bertz CT molecular complexity index is 1560. The minimum Gasteiger partial charge on any atom is -0.505 e. The van der Waals surface area contributed by atoms with Gasteiger partial charge in [-0.1, -0.05) is 17.7 Å². The monoisotopic (exact) mass is 527 g/mol. The predicted octanol–water partition coefficient (Wildman–Crippen LogP) is 4.17. The highest BCUT2D eigenvalue weighted by Crippen LogP contribution is 2.41. The Balaban J connectivity index is 1.54. The number of anilines is 1. The molecular weight excluding hydrogens is 504 g/mol. The van der Waals surface area contributed by atoms with Crippen molar-refractivity contribution in [3.63, 3.8) is 0 Å². The van der Waals surface area contributed by atoms with E-state index in [0.717, 1.165) is 6.92 Å². The number of halogens is 3. The largest absolute Gasteiger partial charge is 0.505 e. The van der Waals surface area contributed by atoms with E-state index in [1.165, 1.54) is 20.2 Å². The van der Waals surface area contributed by atoms with Crippen molar-refractivity contribution in [2.75, 3.05) is 18.0 Å². The summed E-state index contributed by atoms with van der Waals surface area (Å²) in [6.45, 7) is 1.91. The predicted molar refractivity (Wildman–Crippen MR) is 137 cm³/mol. The van der Waals surface area contributed by atoms with E-state index in [2.05, 4.69) is 9.97 Å². The Morgan fingerprint density at radius 3 is 2.46 bits per heavy atom. The summed E-state index contributed by atoms with van der Waals surface area (Å²) in [4.78, 5) is 22.3. The van der Waals surface area contributed by atoms with Gasteiger partial charge in [-0.3, -0.25) is 4.57 Å². The third-order valence-electron chi connectivity index (χ3n) is 6.61. The van der Waals surface area contributed by atoms with Crippen LogP contribution in [0.3, 0.4) is 0 Å². The molecule has 4 heterocycles. The Kier molecular flexibility index (Phi) is 5.84. The van der Waals surface area contributed by atoms with Gasteiger partial charge in [0, 0.05) is 42.5 Å². The summed E-state index contributed by atoms with van der Waals surface area (Å²) in [5, 5.41) is 21.6. The van der Waals surface area contributed by atoms with Crippen LogP contribution in [-0.4, -0.2) is 53.9 Å². The molecule has 0 bridgehead atoms. The van der Waals surface area contributed by atoms with Crippen LogP contribution >= 0.6 is 11.6 Å². The first-order valence-electron chi connectivity index (χ1n) is 11.4. The van der Waals surface area contributed by atoms with Gasteiger partial charge < -0.3 is 19.7 Å². The Hall–Kier alpha value is -3.76. The quantitative estimate of drug-likeness (QED) is 0.413. The standard InChI is InChI=1S/C26H24ClF2N5O3/c1-15-10-18(16-4-5-20(19(27)11-16)34-9-8-32(3)24(34)36)23(35)22(31-15)17-6-7-30-21(12-17)33-13-25(2,37)26(28,29)14-33/h4-12,35,37H,13-14H2,1-3H3/t25-/m1/s1. The average molecular weight is 528 g/mol. The zero-order valence-electron chi connectivity index (χ0n) is 20.3. The summed E-state index contributed by atoms with van der Waals surface area (Å²) in [6.07, 6.45) is 4.69. The normalized spacial score (nSPS) is 18.9. The van der Waals surface area contributed by atoms with Crippen LogP contribution in [0.2, 0.25) is 5.02 Å². The number of hydrogen-bond acceptors (Lipinski definition) is 6. The second-order valence-corrected chi connectivity index (χ2v) is 9.88. The molecule has 8 nitrogen and oxygen atoms in total. The second-order valence-electron chi connectivity index (χ2n) is 9.47. The number of hydrogen-bond donors (Lipinski definition) is 2. The molecule has 1 saturated heterocycles. The molecule has 0 saturated carbocycles. The fourth-order valence-corrected chi connectivity index (χ4v) is 4.73. The minimum absolute atomic E-state index is 0.123. The first kappa shape index (κ1) is 24.9. The molecule has 37 heavy (non-hydrogen) atoms. The van der Waals surface area contributed by atoms with Crippen molar-refractivity contribution in [3.8, 4) is 33.8 Å². The molecule has 3 aromatic heterocycles. The maximum absolute atomic E-state index is 14.2. The minimum atomic E-state index is -3.29. The van der Waals surface area contributed by atoms with E-state index in [-0.39, 0.29) is 29.5 Å².